The summed E-state index contributed by atoms with van der Waals surface area (Å²) in [6.07, 6.45) is -29.4. The molecule has 0 radical (unpaired) electrons. The summed E-state index contributed by atoms with van der Waals surface area (Å²) in [4.78, 5) is 39.9. The number of ether oxygens (including phenoxy) is 12. The van der Waals surface area contributed by atoms with Gasteiger partial charge in [-0.15, -0.1) is 0 Å². The second-order valence-corrected chi connectivity index (χ2v) is 35.1. The molecule has 12 rings (SSSR count). The number of allylic oxidation sites excluding steroid dienone is 2. The number of carbonyl (C=O) groups is 3. The summed E-state index contributed by atoms with van der Waals surface area (Å²) >= 11 is 5.84. The maximum absolute atomic E-state index is 15.4. The Morgan fingerprint density at radius 1 is 0.574 bits per heavy atom. The number of halogens is 1. The minimum Gasteiger partial charge on any atom is -0.476 e. The van der Waals surface area contributed by atoms with Crippen LogP contribution in [0.15, 0.2) is 60.2 Å². The van der Waals surface area contributed by atoms with Gasteiger partial charge in [0.05, 0.1) is 50.3 Å². The second kappa shape index (κ2) is 32.3. The van der Waals surface area contributed by atoms with Crippen LogP contribution in [0.25, 0.3) is 0 Å². The Morgan fingerprint density at radius 3 is 1.69 bits per heavy atom. The number of esters is 2. The monoisotopic (exact) mass is 1550 g/mol. The summed E-state index contributed by atoms with van der Waals surface area (Å²) in [5.41, 5.74) is -2.32. The zero-order valence-electron chi connectivity index (χ0n) is 63.7. The lowest BCUT2D eigenvalue weighted by Crippen LogP contribution is -2.68. The Hall–Kier alpha value is -4.04. The third kappa shape index (κ3) is 15.9. The van der Waals surface area contributed by atoms with Crippen LogP contribution in [0, 0.1) is 50.2 Å². The van der Waals surface area contributed by atoms with E-state index >= 15 is 4.79 Å². The Bertz CT molecular complexity index is 3470. The molecule has 30 heteroatoms. The molecule has 14 N–H and O–H groups in total. The highest BCUT2D eigenvalue weighted by Crippen LogP contribution is 2.76. The van der Waals surface area contributed by atoms with Gasteiger partial charge < -0.3 is 128 Å². The smallest absolute Gasteiger partial charge is 0.350 e. The molecule has 5 aliphatic heterocycles. The molecule has 0 spiro atoms. The summed E-state index contributed by atoms with van der Waals surface area (Å²) in [6.45, 7) is 24.0. The van der Waals surface area contributed by atoms with Crippen molar-refractivity contribution in [3.8, 4) is 5.75 Å². The van der Waals surface area contributed by atoms with Gasteiger partial charge in [-0.1, -0.05) is 71.7 Å². The standard InChI is InChI=1S/C58H94O25.C20H21ClO4/c1-23-44(80-47-40(69)34(63)27(60)21-74-47)38(67)42(71)48(76-23)79-33-13-14-55(7)30(54(33,5)6)12-15-56(8)31(55)11-10-25-26-18-53(3,4)16-17-58(26,32(62)19-57(25,56)9)52(73)83-51-46(35(64)28(61)22-75-51)82-49-43(72)39(68)45(24(2)77-49)81-50-41(70)37(66)36(65)29(20-59)78-50;1-13(2)24-19(23)20(3,4)25-17-11-7-15(8-12-17)18(22)14-5-9-16(21)10-6-14/h10,23-24,26-51,59-72H,11-22H2,1-9H3;5-13H,1-4H3. The van der Waals surface area contributed by atoms with E-state index in [4.69, 9.17) is 68.4 Å². The molecule has 4 saturated carbocycles. The van der Waals surface area contributed by atoms with Crippen molar-refractivity contribution in [3.05, 3.63) is 76.3 Å². The Morgan fingerprint density at radius 2 is 1.10 bits per heavy atom. The van der Waals surface area contributed by atoms with Crippen LogP contribution in [0.1, 0.15) is 164 Å². The quantitative estimate of drug-likeness (QED) is 0.0468. The zero-order chi connectivity index (χ0) is 79.2. The maximum atomic E-state index is 15.4. The SMILES string of the molecule is CC(C)OC(=O)C(C)(C)Oc1ccc(C(=O)c2ccc(Cl)cc2)cc1.CC1OC(OC2CCC3(C)C(CCC4(C)C3CC=C3C5CC(C)(C)CCC5(C(=O)OC5OCC(O)C(O)C5OC5OC(C)C(OC6OC(CO)C(O)C(O)C6O)C(O)C5O)C(O)CC34C)C2(C)C)C(O)C(O)C1OC1OCC(O)C(O)C1O. The van der Waals surface area contributed by atoms with Crippen molar-refractivity contribution in [1.29, 1.82) is 0 Å². The average molecular weight is 1550 g/mol. The molecule has 608 valence electrons. The molecule has 29 nitrogen and oxygen atoms in total. The second-order valence-electron chi connectivity index (χ2n) is 34.7. The van der Waals surface area contributed by atoms with Gasteiger partial charge in [0, 0.05) is 16.1 Å². The third-order valence-electron chi connectivity index (χ3n) is 26.1. The minimum atomic E-state index is -1.93. The molecule has 2 aromatic carbocycles. The molecule has 10 aliphatic rings. The number of ketones is 1. The summed E-state index contributed by atoms with van der Waals surface area (Å²) in [5.74, 6) is -1.07. The molecule has 0 bridgehead atoms. The molecule has 2 aromatic rings. The van der Waals surface area contributed by atoms with E-state index in [0.29, 0.717) is 47.6 Å². The maximum Gasteiger partial charge on any atom is 0.350 e. The Kier molecular flexibility index (Phi) is 25.4. The lowest BCUT2D eigenvalue weighted by atomic mass is 9.33. The van der Waals surface area contributed by atoms with Crippen LogP contribution in [0.5, 0.6) is 5.75 Å². The molecule has 0 aromatic heterocycles. The van der Waals surface area contributed by atoms with Gasteiger partial charge in [0.1, 0.15) is 103 Å². The largest absolute Gasteiger partial charge is 0.476 e. The topological polar surface area (TPSA) is 445 Å². The normalized spacial score (nSPS) is 45.0. The number of hydrogen-bond acceptors (Lipinski definition) is 29. The van der Waals surface area contributed by atoms with Crippen molar-refractivity contribution in [1.82, 2.24) is 0 Å². The van der Waals surface area contributed by atoms with Crippen molar-refractivity contribution in [2.45, 2.75) is 313 Å². The number of aliphatic hydroxyl groups is 14. The first-order valence-electron chi connectivity index (χ1n) is 38.0. The molecule has 32 unspecified atom stereocenters. The van der Waals surface area contributed by atoms with E-state index in [0.717, 1.165) is 24.8 Å². The number of carbonyl (C=O) groups excluding carboxylic acids is 3. The molecule has 32 atom stereocenters. The lowest BCUT2D eigenvalue weighted by molar-refractivity contribution is -0.374. The van der Waals surface area contributed by atoms with Gasteiger partial charge in [0.15, 0.2) is 42.6 Å². The van der Waals surface area contributed by atoms with Crippen LogP contribution >= 0.6 is 11.6 Å². The fourth-order valence-corrected chi connectivity index (χ4v) is 19.7. The van der Waals surface area contributed by atoms with Crippen LogP contribution in [0.2, 0.25) is 5.02 Å². The van der Waals surface area contributed by atoms with Crippen LogP contribution in [0.4, 0.5) is 0 Å². The highest BCUT2D eigenvalue weighted by atomic mass is 35.5. The first-order chi connectivity index (χ1) is 50.5. The van der Waals surface area contributed by atoms with Gasteiger partial charge in [0.25, 0.3) is 0 Å². The first kappa shape index (κ1) is 84.9. The molecule has 5 saturated heterocycles. The predicted octanol–water partition coefficient (Wildman–Crippen LogP) is 2.77. The van der Waals surface area contributed by atoms with Gasteiger partial charge in [-0.3, -0.25) is 9.59 Å². The van der Waals surface area contributed by atoms with Crippen LogP contribution in [-0.2, 0) is 61.7 Å². The summed E-state index contributed by atoms with van der Waals surface area (Å²) in [7, 11) is 0. The molecule has 0 amide bonds. The average Bonchev–Trinajstić information content (AvgIpc) is 0.671. The van der Waals surface area contributed by atoms with E-state index < -0.39 is 206 Å². The number of fused-ring (bicyclic) bond motifs is 7. The van der Waals surface area contributed by atoms with E-state index in [-0.39, 0.29) is 59.4 Å². The lowest BCUT2D eigenvalue weighted by Gasteiger charge is -2.71. The minimum absolute atomic E-state index is 0.110. The highest BCUT2D eigenvalue weighted by Gasteiger charge is 2.72. The summed E-state index contributed by atoms with van der Waals surface area (Å²) < 4.78 is 70.5. The summed E-state index contributed by atoms with van der Waals surface area (Å²) in [6, 6.07) is 13.4. The van der Waals surface area contributed by atoms with Crippen LogP contribution in [-0.4, -0.2) is 274 Å². The van der Waals surface area contributed by atoms with Crippen molar-refractivity contribution in [2.75, 3.05) is 19.8 Å². The van der Waals surface area contributed by atoms with E-state index in [1.165, 1.54) is 6.92 Å². The molecular weight excluding hydrogens is 1440 g/mol. The number of rotatable bonds is 17. The Labute approximate surface area is 634 Å². The van der Waals surface area contributed by atoms with Crippen molar-refractivity contribution in [3.63, 3.8) is 0 Å². The van der Waals surface area contributed by atoms with Gasteiger partial charge in [-0.25, -0.2) is 4.79 Å². The predicted molar refractivity (Wildman–Crippen MR) is 379 cm³/mol. The van der Waals surface area contributed by atoms with E-state index in [1.54, 1.807) is 83.1 Å². The molecule has 108 heavy (non-hydrogen) atoms. The van der Waals surface area contributed by atoms with Crippen LogP contribution in [0.3, 0.4) is 0 Å². The van der Waals surface area contributed by atoms with Crippen LogP contribution < -0.4 is 4.74 Å². The fourth-order valence-electron chi connectivity index (χ4n) is 19.6. The highest BCUT2D eigenvalue weighted by molar-refractivity contribution is 6.30. The van der Waals surface area contributed by atoms with Crippen molar-refractivity contribution >= 4 is 29.3 Å². The molecule has 5 heterocycles. The van der Waals surface area contributed by atoms with E-state index in [2.05, 4.69) is 54.5 Å². The van der Waals surface area contributed by atoms with E-state index in [9.17, 15) is 81.1 Å². The fraction of sp³-hybridized carbons (Fsp3) is 0.782. The molecule has 5 aliphatic carbocycles. The van der Waals surface area contributed by atoms with Gasteiger partial charge in [0.2, 0.25) is 6.29 Å². The number of benzene rings is 2. The third-order valence-corrected chi connectivity index (χ3v) is 26.4. The van der Waals surface area contributed by atoms with Gasteiger partial charge in [-0.2, -0.15) is 0 Å². The first-order valence-corrected chi connectivity index (χ1v) is 38.3. The van der Waals surface area contributed by atoms with Crippen molar-refractivity contribution in [2.24, 2.45) is 50.2 Å². The van der Waals surface area contributed by atoms with Gasteiger partial charge in [-0.05, 0) is 193 Å². The summed E-state index contributed by atoms with van der Waals surface area (Å²) in [5, 5.41) is 153. The van der Waals surface area contributed by atoms with Gasteiger partial charge >= 0.3 is 11.9 Å². The molecular formula is C78H115ClO29. The number of aliphatic hydroxyl groups excluding tert-OH is 14. The van der Waals surface area contributed by atoms with Crippen molar-refractivity contribution < 1.29 is 143 Å². The Balaban J connectivity index is 0.000000393. The van der Waals surface area contributed by atoms with E-state index in [1.807, 2.05) is 0 Å². The number of hydrogen-bond donors (Lipinski definition) is 14. The zero-order valence-corrected chi connectivity index (χ0v) is 64.4. The molecule has 9 fully saturated rings.